The molecular weight excluding hydrogens is 216 g/mol. The third kappa shape index (κ3) is 8.16. The Balaban J connectivity index is 3.86. The summed E-state index contributed by atoms with van der Waals surface area (Å²) < 4.78 is 4.94. The first-order valence-corrected chi connectivity index (χ1v) is 6.53. The van der Waals surface area contributed by atoms with Gasteiger partial charge in [0.25, 0.3) is 0 Å². The predicted molar refractivity (Wildman–Crippen MR) is 70.8 cm³/mol. The summed E-state index contributed by atoms with van der Waals surface area (Å²) >= 11 is 0. The Labute approximate surface area is 105 Å². The van der Waals surface area contributed by atoms with Crippen LogP contribution in [0.1, 0.15) is 40.5 Å². The molecule has 0 spiro atoms. The number of carbonyl (C=O) groups is 1. The summed E-state index contributed by atoms with van der Waals surface area (Å²) in [5, 5.41) is 0. The van der Waals surface area contributed by atoms with E-state index in [1.807, 2.05) is 6.92 Å². The third-order valence-corrected chi connectivity index (χ3v) is 2.99. The largest absolute Gasteiger partial charge is 0.465 e. The van der Waals surface area contributed by atoms with Crippen molar-refractivity contribution in [3.05, 3.63) is 0 Å². The Morgan fingerprint density at radius 3 is 2.47 bits per heavy atom. The molecule has 0 radical (unpaired) electrons. The normalized spacial score (nSPS) is 11.9. The number of likely N-dealkylation sites (N-methyl/N-ethyl adjacent to an activating group) is 1. The summed E-state index contributed by atoms with van der Waals surface area (Å²) in [5.74, 6) is -0.132. The van der Waals surface area contributed by atoms with Crippen LogP contribution in [0.3, 0.4) is 0 Å². The van der Waals surface area contributed by atoms with E-state index in [-0.39, 0.29) is 11.4 Å². The van der Waals surface area contributed by atoms with Crippen LogP contribution in [0.25, 0.3) is 0 Å². The van der Waals surface area contributed by atoms with Crippen molar-refractivity contribution in [2.45, 2.75) is 40.5 Å². The molecule has 0 aliphatic heterocycles. The van der Waals surface area contributed by atoms with Crippen LogP contribution in [0.5, 0.6) is 0 Å². The molecule has 0 saturated carbocycles. The first-order chi connectivity index (χ1) is 7.95. The first kappa shape index (κ1) is 16.4. The lowest BCUT2D eigenvalue weighted by molar-refractivity contribution is -0.144. The highest BCUT2D eigenvalue weighted by Crippen LogP contribution is 2.20. The number of hydrogen-bond acceptors (Lipinski definition) is 4. The van der Waals surface area contributed by atoms with E-state index in [4.69, 9.17) is 10.5 Å². The average Bonchev–Trinajstić information content (AvgIpc) is 2.28. The molecule has 0 rings (SSSR count). The van der Waals surface area contributed by atoms with Gasteiger partial charge in [0.2, 0.25) is 0 Å². The second-order valence-electron chi connectivity index (χ2n) is 5.15. The van der Waals surface area contributed by atoms with Gasteiger partial charge in [-0.25, -0.2) is 0 Å². The van der Waals surface area contributed by atoms with Gasteiger partial charge in [0.15, 0.2) is 0 Å². The van der Waals surface area contributed by atoms with E-state index in [1.165, 1.54) is 0 Å². The van der Waals surface area contributed by atoms with Gasteiger partial charge in [-0.05, 0) is 44.8 Å². The number of carbonyl (C=O) groups excluding carboxylic acids is 1. The minimum absolute atomic E-state index is 0.132. The van der Waals surface area contributed by atoms with E-state index in [1.54, 1.807) is 0 Å². The van der Waals surface area contributed by atoms with Gasteiger partial charge in [0.05, 0.1) is 13.2 Å². The van der Waals surface area contributed by atoms with Crippen molar-refractivity contribution in [1.29, 1.82) is 0 Å². The zero-order valence-corrected chi connectivity index (χ0v) is 11.8. The number of hydrogen-bond donors (Lipinski definition) is 1. The monoisotopic (exact) mass is 244 g/mol. The second kappa shape index (κ2) is 8.48. The lowest BCUT2D eigenvalue weighted by atomic mass is 9.88. The van der Waals surface area contributed by atoms with Crippen molar-refractivity contribution in [3.63, 3.8) is 0 Å². The molecule has 0 aliphatic rings. The standard InChI is InChI=1S/C13H28N2O2/c1-5-15(10-12(16)17-6-2)9-7-8-13(3,4)11-14/h5-11,14H2,1-4H3. The smallest absolute Gasteiger partial charge is 0.320 e. The van der Waals surface area contributed by atoms with Crippen molar-refractivity contribution in [2.75, 3.05) is 32.8 Å². The van der Waals surface area contributed by atoms with Crippen LogP contribution in [0.4, 0.5) is 0 Å². The molecule has 0 aromatic rings. The molecule has 0 aliphatic carbocycles. The van der Waals surface area contributed by atoms with Crippen LogP contribution in [0, 0.1) is 5.41 Å². The minimum Gasteiger partial charge on any atom is -0.465 e. The van der Waals surface area contributed by atoms with Gasteiger partial charge in [-0.3, -0.25) is 9.69 Å². The maximum atomic E-state index is 11.3. The first-order valence-electron chi connectivity index (χ1n) is 6.53. The Morgan fingerprint density at radius 1 is 1.35 bits per heavy atom. The van der Waals surface area contributed by atoms with Crippen molar-refractivity contribution >= 4 is 5.97 Å². The molecule has 102 valence electrons. The van der Waals surface area contributed by atoms with Crippen molar-refractivity contribution in [1.82, 2.24) is 4.90 Å². The average molecular weight is 244 g/mol. The summed E-state index contributed by atoms with van der Waals surface area (Å²) in [6.07, 6.45) is 2.15. The molecule has 0 bridgehead atoms. The highest BCUT2D eigenvalue weighted by molar-refractivity contribution is 5.71. The SMILES string of the molecule is CCOC(=O)CN(CC)CCCC(C)(C)CN. The topological polar surface area (TPSA) is 55.6 Å². The van der Waals surface area contributed by atoms with Gasteiger partial charge in [0, 0.05) is 0 Å². The van der Waals surface area contributed by atoms with Gasteiger partial charge in [-0.2, -0.15) is 0 Å². The third-order valence-electron chi connectivity index (χ3n) is 2.99. The fourth-order valence-electron chi connectivity index (χ4n) is 1.62. The molecule has 0 saturated heterocycles. The highest BCUT2D eigenvalue weighted by Gasteiger charge is 2.16. The fraction of sp³-hybridized carbons (Fsp3) is 0.923. The minimum atomic E-state index is -0.132. The number of nitrogens with zero attached hydrogens (tertiary/aromatic N) is 1. The van der Waals surface area contributed by atoms with E-state index >= 15 is 0 Å². The summed E-state index contributed by atoms with van der Waals surface area (Å²) in [4.78, 5) is 13.5. The van der Waals surface area contributed by atoms with Gasteiger partial charge in [-0.15, -0.1) is 0 Å². The van der Waals surface area contributed by atoms with E-state index in [0.717, 1.165) is 25.9 Å². The lowest BCUT2D eigenvalue weighted by Crippen LogP contribution is -2.33. The Hall–Kier alpha value is -0.610. The van der Waals surface area contributed by atoms with E-state index < -0.39 is 0 Å². The van der Waals surface area contributed by atoms with Crippen LogP contribution in [0.2, 0.25) is 0 Å². The molecular formula is C13H28N2O2. The van der Waals surface area contributed by atoms with Crippen LogP contribution >= 0.6 is 0 Å². The van der Waals surface area contributed by atoms with Crippen LogP contribution in [0.15, 0.2) is 0 Å². The van der Waals surface area contributed by atoms with E-state index in [2.05, 4.69) is 25.7 Å². The number of nitrogens with two attached hydrogens (primary N) is 1. The number of ether oxygens (including phenoxy) is 1. The summed E-state index contributed by atoms with van der Waals surface area (Å²) in [6, 6.07) is 0. The van der Waals surface area contributed by atoms with Crippen molar-refractivity contribution in [3.8, 4) is 0 Å². The molecule has 0 aromatic carbocycles. The van der Waals surface area contributed by atoms with Gasteiger partial charge >= 0.3 is 5.97 Å². The number of rotatable bonds is 9. The maximum Gasteiger partial charge on any atom is 0.320 e. The van der Waals surface area contributed by atoms with E-state index in [9.17, 15) is 4.79 Å². The summed E-state index contributed by atoms with van der Waals surface area (Å²) in [7, 11) is 0. The second-order valence-corrected chi connectivity index (χ2v) is 5.15. The van der Waals surface area contributed by atoms with Gasteiger partial charge in [0.1, 0.15) is 0 Å². The molecule has 4 heteroatoms. The number of esters is 1. The fourth-order valence-corrected chi connectivity index (χ4v) is 1.62. The van der Waals surface area contributed by atoms with Crippen LogP contribution in [-0.4, -0.2) is 43.7 Å². The van der Waals surface area contributed by atoms with E-state index in [0.29, 0.717) is 19.7 Å². The molecule has 0 fully saturated rings. The lowest BCUT2D eigenvalue weighted by Gasteiger charge is -2.25. The molecule has 2 N–H and O–H groups in total. The quantitative estimate of drug-likeness (QED) is 0.626. The summed E-state index contributed by atoms with van der Waals surface area (Å²) in [6.45, 7) is 11.6. The Morgan fingerprint density at radius 2 is 2.00 bits per heavy atom. The zero-order chi connectivity index (χ0) is 13.3. The molecule has 17 heavy (non-hydrogen) atoms. The Kier molecular flexibility index (Phi) is 8.17. The molecule has 0 aromatic heterocycles. The highest BCUT2D eigenvalue weighted by atomic mass is 16.5. The van der Waals surface area contributed by atoms with Crippen molar-refractivity contribution in [2.24, 2.45) is 11.1 Å². The maximum absolute atomic E-state index is 11.3. The van der Waals surface area contributed by atoms with Crippen LogP contribution < -0.4 is 5.73 Å². The molecule has 0 heterocycles. The van der Waals surface area contributed by atoms with Crippen LogP contribution in [-0.2, 0) is 9.53 Å². The molecule has 0 unspecified atom stereocenters. The Bertz CT molecular complexity index is 217. The molecule has 0 amide bonds. The van der Waals surface area contributed by atoms with Gasteiger partial charge in [-0.1, -0.05) is 20.8 Å². The summed E-state index contributed by atoms with van der Waals surface area (Å²) in [5.41, 5.74) is 5.89. The predicted octanol–water partition coefficient (Wildman–Crippen LogP) is 1.64. The van der Waals surface area contributed by atoms with Gasteiger partial charge < -0.3 is 10.5 Å². The molecule has 0 atom stereocenters. The molecule has 4 nitrogen and oxygen atoms in total. The van der Waals surface area contributed by atoms with Crippen molar-refractivity contribution < 1.29 is 9.53 Å². The zero-order valence-electron chi connectivity index (χ0n) is 11.8.